The molecular weight excluding hydrogens is 340 g/mol. The van der Waals surface area contributed by atoms with E-state index < -0.39 is 16.1 Å². The highest BCUT2D eigenvalue weighted by Gasteiger charge is 2.27. The maximum atomic E-state index is 12.5. The first kappa shape index (κ1) is 14.0. The molecule has 0 radical (unpaired) electrons. The summed E-state index contributed by atoms with van der Waals surface area (Å²) in [6.07, 6.45) is 3.26. The van der Waals surface area contributed by atoms with E-state index in [4.69, 9.17) is 11.6 Å². The van der Waals surface area contributed by atoms with Crippen LogP contribution in [0.4, 0.5) is 0 Å². The maximum absolute atomic E-state index is 12.5. The van der Waals surface area contributed by atoms with Crippen LogP contribution in [-0.2, 0) is 10.0 Å². The zero-order valence-electron chi connectivity index (χ0n) is 10.1. The first-order valence-electron chi connectivity index (χ1n) is 5.52. The molecule has 0 aliphatic heterocycles. The number of sulfonamides is 1. The normalized spacial score (nSPS) is 13.9. The minimum Gasteiger partial charge on any atom is -0.279 e. The summed E-state index contributed by atoms with van der Waals surface area (Å²) in [5.74, 6) is 0. The van der Waals surface area contributed by atoms with E-state index in [1.54, 1.807) is 30.1 Å². The summed E-state index contributed by atoms with van der Waals surface area (Å²) >= 11 is 8.65. The molecule has 1 N–H and O–H groups in total. The Balaban J connectivity index is 2.00. The molecule has 3 heterocycles. The molecule has 0 aromatic carbocycles. The van der Waals surface area contributed by atoms with Crippen LogP contribution in [0.25, 0.3) is 4.96 Å². The molecule has 3 rings (SSSR count). The van der Waals surface area contributed by atoms with Crippen LogP contribution in [0.5, 0.6) is 0 Å². The van der Waals surface area contributed by atoms with Gasteiger partial charge >= 0.3 is 0 Å². The Labute approximate surface area is 128 Å². The third-order valence-electron chi connectivity index (χ3n) is 2.59. The van der Waals surface area contributed by atoms with Gasteiger partial charge in [0, 0.05) is 23.2 Å². The Bertz CT molecular complexity index is 837. The highest BCUT2D eigenvalue weighted by atomic mass is 35.5. The van der Waals surface area contributed by atoms with E-state index in [0.29, 0.717) is 9.97 Å². The molecule has 0 aliphatic carbocycles. The fourth-order valence-electron chi connectivity index (χ4n) is 1.77. The Hall–Kier alpha value is -1.00. The molecule has 0 saturated carbocycles. The predicted octanol–water partition coefficient (Wildman–Crippen LogP) is 2.55. The molecule has 0 bridgehead atoms. The number of nitrogens with one attached hydrogen (secondary N) is 1. The fraction of sp³-hybridized carbons (Fsp3) is 0.200. The molecule has 0 amide bonds. The third-order valence-corrected chi connectivity index (χ3v) is 6.24. The lowest BCUT2D eigenvalue weighted by Gasteiger charge is -2.11. The first-order valence-corrected chi connectivity index (χ1v) is 9.14. The third kappa shape index (κ3) is 2.35. The van der Waals surface area contributed by atoms with Gasteiger partial charge in [0.25, 0.3) is 10.0 Å². The minimum atomic E-state index is -3.78. The second-order valence-corrected chi connectivity index (χ2v) is 7.76. The molecule has 6 nitrogen and oxygen atoms in total. The van der Waals surface area contributed by atoms with Gasteiger partial charge in [-0.2, -0.15) is 0 Å². The summed E-state index contributed by atoms with van der Waals surface area (Å²) in [7, 11) is -3.78. The van der Waals surface area contributed by atoms with Crippen LogP contribution in [0.2, 0.25) is 5.15 Å². The summed E-state index contributed by atoms with van der Waals surface area (Å²) < 4.78 is 28.9. The highest BCUT2D eigenvalue weighted by Crippen LogP contribution is 2.27. The van der Waals surface area contributed by atoms with Gasteiger partial charge in [-0.05, 0) is 6.92 Å². The average molecular weight is 349 g/mol. The zero-order valence-corrected chi connectivity index (χ0v) is 13.4. The van der Waals surface area contributed by atoms with Crippen LogP contribution in [0, 0.1) is 0 Å². The first-order chi connectivity index (χ1) is 9.49. The van der Waals surface area contributed by atoms with Crippen molar-refractivity contribution >= 4 is 49.3 Å². The van der Waals surface area contributed by atoms with E-state index >= 15 is 0 Å². The SMILES string of the molecule is CC(NS(=O)(=O)c1c(Cl)nc2sccn12)c1nccs1. The molecule has 0 aliphatic rings. The van der Waals surface area contributed by atoms with Crippen molar-refractivity contribution in [1.29, 1.82) is 0 Å². The van der Waals surface area contributed by atoms with Crippen LogP contribution in [0.3, 0.4) is 0 Å². The molecule has 0 saturated heterocycles. The van der Waals surface area contributed by atoms with Crippen molar-refractivity contribution in [3.8, 4) is 0 Å². The number of rotatable bonds is 4. The van der Waals surface area contributed by atoms with Gasteiger partial charge in [-0.3, -0.25) is 4.40 Å². The van der Waals surface area contributed by atoms with Crippen molar-refractivity contribution in [2.45, 2.75) is 18.0 Å². The number of hydrogen-bond donors (Lipinski definition) is 1. The largest absolute Gasteiger partial charge is 0.279 e. The molecule has 0 fully saturated rings. The number of nitrogens with zero attached hydrogens (tertiary/aromatic N) is 3. The molecule has 3 aromatic heterocycles. The summed E-state index contributed by atoms with van der Waals surface area (Å²) in [5, 5.41) is 4.16. The predicted molar refractivity (Wildman–Crippen MR) is 78.9 cm³/mol. The van der Waals surface area contributed by atoms with Crippen molar-refractivity contribution in [2.24, 2.45) is 0 Å². The molecule has 1 atom stereocenters. The maximum Gasteiger partial charge on any atom is 0.260 e. The van der Waals surface area contributed by atoms with Gasteiger partial charge in [0.15, 0.2) is 15.1 Å². The molecule has 10 heteroatoms. The fourth-order valence-corrected chi connectivity index (χ4v) is 5.15. The van der Waals surface area contributed by atoms with Crippen molar-refractivity contribution in [3.63, 3.8) is 0 Å². The van der Waals surface area contributed by atoms with Gasteiger partial charge in [-0.25, -0.2) is 23.1 Å². The van der Waals surface area contributed by atoms with E-state index in [2.05, 4.69) is 14.7 Å². The molecule has 106 valence electrons. The van der Waals surface area contributed by atoms with Crippen molar-refractivity contribution in [2.75, 3.05) is 0 Å². The number of imidazole rings is 1. The summed E-state index contributed by atoms with van der Waals surface area (Å²) in [6.45, 7) is 1.73. The second-order valence-electron chi connectivity index (χ2n) is 3.98. The minimum absolute atomic E-state index is 0.0318. The van der Waals surface area contributed by atoms with E-state index in [1.165, 1.54) is 27.1 Å². The quantitative estimate of drug-likeness (QED) is 0.786. The molecule has 3 aromatic rings. The lowest BCUT2D eigenvalue weighted by Crippen LogP contribution is -2.28. The molecule has 1 unspecified atom stereocenters. The Kier molecular flexibility index (Phi) is 3.55. The van der Waals surface area contributed by atoms with Gasteiger partial charge in [0.05, 0.1) is 6.04 Å². The average Bonchev–Trinajstić information content (AvgIpc) is 3.01. The van der Waals surface area contributed by atoms with Crippen LogP contribution in [0.1, 0.15) is 18.0 Å². The van der Waals surface area contributed by atoms with Crippen molar-refractivity contribution in [1.82, 2.24) is 19.1 Å². The zero-order chi connectivity index (χ0) is 14.3. The van der Waals surface area contributed by atoms with E-state index in [1.807, 2.05) is 0 Å². The van der Waals surface area contributed by atoms with Gasteiger partial charge in [0.2, 0.25) is 0 Å². The van der Waals surface area contributed by atoms with Gasteiger partial charge in [-0.15, -0.1) is 22.7 Å². The number of halogens is 1. The Morgan fingerprint density at radius 2 is 2.20 bits per heavy atom. The van der Waals surface area contributed by atoms with Crippen molar-refractivity contribution < 1.29 is 8.42 Å². The number of thiazole rings is 2. The van der Waals surface area contributed by atoms with E-state index in [0.717, 1.165) is 0 Å². The highest BCUT2D eigenvalue weighted by molar-refractivity contribution is 7.89. The number of fused-ring (bicyclic) bond motifs is 1. The molecular formula is C10H9ClN4O2S3. The number of hydrogen-bond acceptors (Lipinski definition) is 6. The van der Waals surface area contributed by atoms with E-state index in [9.17, 15) is 8.42 Å². The smallest absolute Gasteiger partial charge is 0.260 e. The Morgan fingerprint density at radius 1 is 1.40 bits per heavy atom. The lowest BCUT2D eigenvalue weighted by atomic mass is 10.4. The van der Waals surface area contributed by atoms with Gasteiger partial charge in [0.1, 0.15) is 5.01 Å². The Morgan fingerprint density at radius 3 is 2.90 bits per heavy atom. The summed E-state index contributed by atoms with van der Waals surface area (Å²) in [5.41, 5.74) is 0. The standard InChI is InChI=1S/C10H9ClN4O2S3/c1-6(8-12-2-4-18-8)14-20(16,17)9-7(11)13-10-15(9)3-5-19-10/h2-6,14H,1H3. The van der Waals surface area contributed by atoms with E-state index in [-0.39, 0.29) is 10.2 Å². The van der Waals surface area contributed by atoms with Gasteiger partial charge < -0.3 is 0 Å². The topological polar surface area (TPSA) is 76.4 Å². The molecule has 0 spiro atoms. The summed E-state index contributed by atoms with van der Waals surface area (Å²) in [6, 6.07) is -0.430. The van der Waals surface area contributed by atoms with Crippen LogP contribution in [0.15, 0.2) is 28.2 Å². The molecule has 20 heavy (non-hydrogen) atoms. The van der Waals surface area contributed by atoms with Crippen LogP contribution >= 0.6 is 34.3 Å². The summed E-state index contributed by atoms with van der Waals surface area (Å²) in [4.78, 5) is 8.66. The number of aromatic nitrogens is 3. The van der Waals surface area contributed by atoms with Crippen molar-refractivity contribution in [3.05, 3.63) is 33.3 Å². The monoisotopic (exact) mass is 348 g/mol. The van der Waals surface area contributed by atoms with Crippen LogP contribution in [-0.4, -0.2) is 22.8 Å². The van der Waals surface area contributed by atoms with Gasteiger partial charge in [-0.1, -0.05) is 11.6 Å². The van der Waals surface area contributed by atoms with Crippen LogP contribution < -0.4 is 4.72 Å². The lowest BCUT2D eigenvalue weighted by molar-refractivity contribution is 0.561. The second kappa shape index (κ2) is 5.08.